The summed E-state index contributed by atoms with van der Waals surface area (Å²) in [7, 11) is 0. The monoisotopic (exact) mass is 265 g/mol. The average Bonchev–Trinajstić information content (AvgIpc) is 2.36. The zero-order chi connectivity index (χ0) is 14.3. The molecule has 0 bridgehead atoms. The molecule has 1 heterocycles. The smallest absolute Gasteiger partial charge is 0.354 e. The third-order valence-electron chi connectivity index (χ3n) is 2.60. The summed E-state index contributed by atoms with van der Waals surface area (Å²) in [6.07, 6.45) is 3.48. The zero-order valence-corrected chi connectivity index (χ0v) is 10.9. The molecule has 104 valence electrons. The van der Waals surface area contributed by atoms with Crippen LogP contribution in [-0.2, 0) is 11.3 Å². The third kappa shape index (κ3) is 5.96. The second-order valence-electron chi connectivity index (χ2n) is 4.50. The standard InChI is InChI=1S/C13H19N3O3/c1-9(14)3-2-4-12(17)16-8-10-5-6-11(13(18)19)15-7-10/h5-7,9H,2-4,8,14H2,1H3,(H,16,17)(H,18,19). The van der Waals surface area contributed by atoms with Crippen molar-refractivity contribution in [1.82, 2.24) is 10.3 Å². The van der Waals surface area contributed by atoms with E-state index in [0.717, 1.165) is 18.4 Å². The lowest BCUT2D eigenvalue weighted by Crippen LogP contribution is -2.23. The molecule has 0 spiro atoms. The minimum atomic E-state index is -1.06. The number of amides is 1. The van der Waals surface area contributed by atoms with Crippen LogP contribution in [0.2, 0.25) is 0 Å². The van der Waals surface area contributed by atoms with Gasteiger partial charge in [-0.3, -0.25) is 4.79 Å². The van der Waals surface area contributed by atoms with Gasteiger partial charge in [-0.2, -0.15) is 0 Å². The molecule has 1 unspecified atom stereocenters. The third-order valence-corrected chi connectivity index (χ3v) is 2.60. The fourth-order valence-corrected chi connectivity index (χ4v) is 1.53. The molecule has 6 heteroatoms. The Labute approximate surface area is 112 Å². The number of carboxylic acid groups (broad SMARTS) is 1. The van der Waals surface area contributed by atoms with Gasteiger partial charge in [-0.15, -0.1) is 0 Å². The minimum absolute atomic E-state index is 0.00740. The highest BCUT2D eigenvalue weighted by Crippen LogP contribution is 2.02. The molecule has 1 aromatic heterocycles. The Bertz CT molecular complexity index is 429. The van der Waals surface area contributed by atoms with Gasteiger partial charge >= 0.3 is 5.97 Å². The number of carbonyl (C=O) groups is 2. The van der Waals surface area contributed by atoms with Gasteiger partial charge in [-0.25, -0.2) is 9.78 Å². The van der Waals surface area contributed by atoms with Crippen LogP contribution in [0.25, 0.3) is 0 Å². The number of nitrogens with zero attached hydrogens (tertiary/aromatic N) is 1. The molecule has 0 aromatic carbocycles. The lowest BCUT2D eigenvalue weighted by Gasteiger charge is -2.06. The first kappa shape index (κ1) is 15.1. The highest BCUT2D eigenvalue weighted by atomic mass is 16.4. The number of nitrogens with one attached hydrogen (secondary N) is 1. The van der Waals surface area contributed by atoms with E-state index in [1.807, 2.05) is 6.92 Å². The second-order valence-corrected chi connectivity index (χ2v) is 4.50. The number of aromatic carboxylic acids is 1. The lowest BCUT2D eigenvalue weighted by atomic mass is 10.1. The van der Waals surface area contributed by atoms with E-state index < -0.39 is 5.97 Å². The molecule has 1 amide bonds. The van der Waals surface area contributed by atoms with Crippen molar-refractivity contribution < 1.29 is 14.7 Å². The van der Waals surface area contributed by atoms with Crippen molar-refractivity contribution in [2.45, 2.75) is 38.8 Å². The topological polar surface area (TPSA) is 105 Å². The number of carboxylic acids is 1. The summed E-state index contributed by atoms with van der Waals surface area (Å²) in [6.45, 7) is 2.26. The Kier molecular flexibility index (Phi) is 5.95. The summed E-state index contributed by atoms with van der Waals surface area (Å²) >= 11 is 0. The summed E-state index contributed by atoms with van der Waals surface area (Å²) in [4.78, 5) is 25.9. The second kappa shape index (κ2) is 7.48. The molecule has 1 aromatic rings. The summed E-state index contributed by atoms with van der Waals surface area (Å²) in [5.41, 5.74) is 6.36. The van der Waals surface area contributed by atoms with Crippen molar-refractivity contribution in [2.24, 2.45) is 5.73 Å². The van der Waals surface area contributed by atoms with Gasteiger partial charge in [0.25, 0.3) is 0 Å². The molecule has 1 rings (SSSR count). The number of hydrogen-bond donors (Lipinski definition) is 3. The van der Waals surface area contributed by atoms with E-state index in [9.17, 15) is 9.59 Å². The summed E-state index contributed by atoms with van der Waals surface area (Å²) < 4.78 is 0. The van der Waals surface area contributed by atoms with Gasteiger partial charge < -0.3 is 16.2 Å². The van der Waals surface area contributed by atoms with Crippen molar-refractivity contribution in [3.63, 3.8) is 0 Å². The fourth-order valence-electron chi connectivity index (χ4n) is 1.53. The summed E-state index contributed by atoms with van der Waals surface area (Å²) in [5, 5.41) is 11.4. The molecule has 1 atom stereocenters. The highest BCUT2D eigenvalue weighted by molar-refractivity contribution is 5.85. The minimum Gasteiger partial charge on any atom is -0.477 e. The number of aromatic nitrogens is 1. The van der Waals surface area contributed by atoms with Crippen LogP contribution in [-0.4, -0.2) is 28.0 Å². The van der Waals surface area contributed by atoms with Gasteiger partial charge in [-0.1, -0.05) is 6.07 Å². The van der Waals surface area contributed by atoms with Crippen molar-refractivity contribution in [3.8, 4) is 0 Å². The van der Waals surface area contributed by atoms with Gasteiger partial charge in [0.1, 0.15) is 5.69 Å². The fraction of sp³-hybridized carbons (Fsp3) is 0.462. The first-order valence-corrected chi connectivity index (χ1v) is 6.19. The van der Waals surface area contributed by atoms with E-state index >= 15 is 0 Å². The molecule has 0 aliphatic heterocycles. The quantitative estimate of drug-likeness (QED) is 0.679. The largest absolute Gasteiger partial charge is 0.477 e. The van der Waals surface area contributed by atoms with Crippen molar-refractivity contribution in [3.05, 3.63) is 29.6 Å². The molecule has 0 fully saturated rings. The van der Waals surface area contributed by atoms with E-state index in [2.05, 4.69) is 10.3 Å². The van der Waals surface area contributed by atoms with Crippen molar-refractivity contribution in [2.75, 3.05) is 0 Å². The van der Waals surface area contributed by atoms with Crippen LogP contribution >= 0.6 is 0 Å². The van der Waals surface area contributed by atoms with Crippen molar-refractivity contribution >= 4 is 11.9 Å². The lowest BCUT2D eigenvalue weighted by molar-refractivity contribution is -0.121. The summed E-state index contributed by atoms with van der Waals surface area (Å²) in [6, 6.07) is 3.17. The maximum absolute atomic E-state index is 11.5. The SMILES string of the molecule is CC(N)CCCC(=O)NCc1ccc(C(=O)O)nc1. The van der Waals surface area contributed by atoms with Crippen LogP contribution in [0, 0.1) is 0 Å². The first-order valence-electron chi connectivity index (χ1n) is 6.19. The molecule has 19 heavy (non-hydrogen) atoms. The average molecular weight is 265 g/mol. The summed E-state index contributed by atoms with van der Waals surface area (Å²) in [5.74, 6) is -1.10. The van der Waals surface area contributed by atoms with Gasteiger partial charge in [-0.05, 0) is 31.4 Å². The van der Waals surface area contributed by atoms with Gasteiger partial charge in [0.15, 0.2) is 0 Å². The van der Waals surface area contributed by atoms with E-state index in [0.29, 0.717) is 13.0 Å². The molecule has 0 saturated carbocycles. The normalized spacial score (nSPS) is 11.9. The van der Waals surface area contributed by atoms with Crippen molar-refractivity contribution in [1.29, 1.82) is 0 Å². The molecule has 0 aliphatic carbocycles. The zero-order valence-electron chi connectivity index (χ0n) is 10.9. The number of pyridine rings is 1. The van der Waals surface area contributed by atoms with Gasteiger partial charge in [0, 0.05) is 25.2 Å². The first-order chi connectivity index (χ1) is 8.99. The van der Waals surface area contributed by atoms with E-state index in [1.165, 1.54) is 12.3 Å². The maximum atomic E-state index is 11.5. The Morgan fingerprint density at radius 2 is 2.21 bits per heavy atom. The Balaban J connectivity index is 2.32. The van der Waals surface area contributed by atoms with E-state index in [4.69, 9.17) is 10.8 Å². The predicted octanol–water partition coefficient (Wildman–Crippen LogP) is 0.913. The number of rotatable bonds is 7. The molecular weight excluding hydrogens is 246 g/mol. The van der Waals surface area contributed by atoms with Crippen LogP contribution in [0.15, 0.2) is 18.3 Å². The number of hydrogen-bond acceptors (Lipinski definition) is 4. The van der Waals surface area contributed by atoms with Gasteiger partial charge in [0.05, 0.1) is 0 Å². The van der Waals surface area contributed by atoms with Crippen LogP contribution in [0.1, 0.15) is 42.2 Å². The van der Waals surface area contributed by atoms with E-state index in [1.54, 1.807) is 6.07 Å². The molecule has 0 aliphatic rings. The molecule has 4 N–H and O–H groups in total. The van der Waals surface area contributed by atoms with Crippen LogP contribution < -0.4 is 11.1 Å². The number of carbonyl (C=O) groups excluding carboxylic acids is 1. The Morgan fingerprint density at radius 3 is 2.74 bits per heavy atom. The molecule has 6 nitrogen and oxygen atoms in total. The number of nitrogens with two attached hydrogens (primary N) is 1. The maximum Gasteiger partial charge on any atom is 0.354 e. The van der Waals surface area contributed by atoms with Crippen LogP contribution in [0.4, 0.5) is 0 Å². The molecule has 0 radical (unpaired) electrons. The molecule has 0 saturated heterocycles. The van der Waals surface area contributed by atoms with E-state index in [-0.39, 0.29) is 17.6 Å². The highest BCUT2D eigenvalue weighted by Gasteiger charge is 2.05. The van der Waals surface area contributed by atoms with Crippen LogP contribution in [0.5, 0.6) is 0 Å². The Morgan fingerprint density at radius 1 is 1.47 bits per heavy atom. The Hall–Kier alpha value is -1.95. The van der Waals surface area contributed by atoms with Crippen LogP contribution in [0.3, 0.4) is 0 Å². The van der Waals surface area contributed by atoms with Gasteiger partial charge in [0.2, 0.25) is 5.91 Å². The molecular formula is C13H19N3O3. The predicted molar refractivity (Wildman–Crippen MR) is 70.5 cm³/mol.